The third kappa shape index (κ3) is 3.84. The van der Waals surface area contributed by atoms with E-state index in [1.165, 1.54) is 10.9 Å². The molecule has 3 heteroatoms. The highest BCUT2D eigenvalue weighted by Gasteiger charge is 2.24. The summed E-state index contributed by atoms with van der Waals surface area (Å²) < 4.78 is 0. The van der Waals surface area contributed by atoms with Crippen LogP contribution in [0.15, 0.2) is 91.1 Å². The molecule has 4 rings (SSSR count). The summed E-state index contributed by atoms with van der Waals surface area (Å²) in [5, 5.41) is 4.44. The van der Waals surface area contributed by atoms with Crippen molar-refractivity contribution in [2.45, 2.75) is 25.3 Å². The third-order valence-corrected chi connectivity index (χ3v) is 5.12. The molecule has 1 atom stereocenters. The van der Waals surface area contributed by atoms with Gasteiger partial charge in [0.2, 0.25) is 5.91 Å². The van der Waals surface area contributed by atoms with Crippen molar-refractivity contribution in [2.24, 2.45) is 0 Å². The summed E-state index contributed by atoms with van der Waals surface area (Å²) in [5.41, 5.74) is 4.36. The van der Waals surface area contributed by atoms with E-state index in [1.807, 2.05) is 79.0 Å². The number of benzene rings is 3. The van der Waals surface area contributed by atoms with Crippen LogP contribution in [0.25, 0.3) is 10.9 Å². The lowest BCUT2D eigenvalue weighted by Gasteiger charge is -2.21. The van der Waals surface area contributed by atoms with Gasteiger partial charge in [0.15, 0.2) is 0 Å². The topological polar surface area (TPSA) is 44.9 Å². The van der Waals surface area contributed by atoms with E-state index in [1.54, 1.807) is 0 Å². The van der Waals surface area contributed by atoms with Gasteiger partial charge in [0.05, 0.1) is 5.92 Å². The Labute approximate surface area is 165 Å². The zero-order valence-electron chi connectivity index (χ0n) is 15.9. The minimum Gasteiger partial charge on any atom is -0.361 e. The SMILES string of the molecule is C[C@@H](Cc1c[nH]c2ccccc12)NC(=O)C(c1ccccc1)c1ccccc1. The Hall–Kier alpha value is -3.33. The molecule has 0 radical (unpaired) electrons. The minimum atomic E-state index is -0.312. The second-order valence-electron chi connectivity index (χ2n) is 7.23. The van der Waals surface area contributed by atoms with Crippen LogP contribution in [0.3, 0.4) is 0 Å². The van der Waals surface area contributed by atoms with E-state index in [0.29, 0.717) is 0 Å². The lowest BCUT2D eigenvalue weighted by molar-refractivity contribution is -0.122. The number of hydrogen-bond donors (Lipinski definition) is 2. The van der Waals surface area contributed by atoms with Gasteiger partial charge in [0.1, 0.15) is 0 Å². The summed E-state index contributed by atoms with van der Waals surface area (Å²) >= 11 is 0. The van der Waals surface area contributed by atoms with Crippen molar-refractivity contribution in [2.75, 3.05) is 0 Å². The number of H-pyrrole nitrogens is 1. The Morgan fingerprint density at radius 1 is 0.857 bits per heavy atom. The smallest absolute Gasteiger partial charge is 0.232 e. The number of fused-ring (bicyclic) bond motifs is 1. The van der Waals surface area contributed by atoms with Crippen molar-refractivity contribution >= 4 is 16.8 Å². The number of rotatable bonds is 6. The average molecular weight is 368 g/mol. The summed E-state index contributed by atoms with van der Waals surface area (Å²) in [5.74, 6) is -0.280. The van der Waals surface area contributed by atoms with Gasteiger partial charge < -0.3 is 10.3 Å². The highest BCUT2D eigenvalue weighted by molar-refractivity contribution is 5.87. The number of carbonyl (C=O) groups excluding carboxylic acids is 1. The van der Waals surface area contributed by atoms with Crippen molar-refractivity contribution in [1.82, 2.24) is 10.3 Å². The van der Waals surface area contributed by atoms with E-state index >= 15 is 0 Å². The maximum absolute atomic E-state index is 13.2. The summed E-state index contributed by atoms with van der Waals surface area (Å²) in [7, 11) is 0. The molecule has 0 saturated carbocycles. The normalized spacial score (nSPS) is 12.2. The summed E-state index contributed by atoms with van der Waals surface area (Å²) in [6, 6.07) is 28.2. The standard InChI is InChI=1S/C25H24N2O/c1-18(16-21-17-26-23-15-9-8-14-22(21)23)27-25(28)24(19-10-4-2-5-11-19)20-12-6-3-7-13-20/h2-15,17-18,24,26H,16H2,1H3,(H,27,28)/t18-/m0/s1. The minimum absolute atomic E-state index is 0.0293. The van der Waals surface area contributed by atoms with Gasteiger partial charge in [-0.25, -0.2) is 0 Å². The summed E-state index contributed by atoms with van der Waals surface area (Å²) in [6.45, 7) is 2.06. The van der Waals surface area contributed by atoms with Gasteiger partial charge in [-0.2, -0.15) is 0 Å². The zero-order chi connectivity index (χ0) is 19.3. The number of amides is 1. The lowest BCUT2D eigenvalue weighted by atomic mass is 9.90. The number of hydrogen-bond acceptors (Lipinski definition) is 1. The first-order chi connectivity index (χ1) is 13.7. The molecule has 2 N–H and O–H groups in total. The molecule has 0 saturated heterocycles. The van der Waals surface area contributed by atoms with Crippen LogP contribution in [0.4, 0.5) is 0 Å². The summed E-state index contributed by atoms with van der Waals surface area (Å²) in [6.07, 6.45) is 2.82. The average Bonchev–Trinajstić information content (AvgIpc) is 3.12. The van der Waals surface area contributed by atoms with Crippen molar-refractivity contribution in [3.05, 3.63) is 108 Å². The highest BCUT2D eigenvalue weighted by atomic mass is 16.1. The molecule has 0 spiro atoms. The molecule has 0 aliphatic heterocycles. The van der Waals surface area contributed by atoms with E-state index < -0.39 is 0 Å². The number of nitrogens with one attached hydrogen (secondary N) is 2. The molecular formula is C25H24N2O. The number of carbonyl (C=O) groups is 1. The fourth-order valence-corrected chi connectivity index (χ4v) is 3.79. The van der Waals surface area contributed by atoms with E-state index in [2.05, 4.69) is 29.4 Å². The Balaban J connectivity index is 1.54. The van der Waals surface area contributed by atoms with Crippen LogP contribution in [0.1, 0.15) is 29.5 Å². The Kier molecular flexibility index (Phi) is 5.24. The van der Waals surface area contributed by atoms with Crippen molar-refractivity contribution < 1.29 is 4.79 Å². The van der Waals surface area contributed by atoms with Crippen LogP contribution in [0.2, 0.25) is 0 Å². The van der Waals surface area contributed by atoms with Gasteiger partial charge >= 0.3 is 0 Å². The molecule has 3 aromatic carbocycles. The van der Waals surface area contributed by atoms with Crippen LogP contribution in [0.5, 0.6) is 0 Å². The molecule has 4 aromatic rings. The van der Waals surface area contributed by atoms with Gasteiger partial charge in [-0.1, -0.05) is 78.9 Å². The number of para-hydroxylation sites is 1. The summed E-state index contributed by atoms with van der Waals surface area (Å²) in [4.78, 5) is 16.5. The molecule has 1 amide bonds. The first-order valence-corrected chi connectivity index (χ1v) is 9.67. The first kappa shape index (κ1) is 18.1. The molecule has 28 heavy (non-hydrogen) atoms. The maximum Gasteiger partial charge on any atom is 0.232 e. The van der Waals surface area contributed by atoms with Crippen molar-refractivity contribution in [3.8, 4) is 0 Å². The molecule has 0 aliphatic rings. The number of aromatic amines is 1. The predicted octanol–water partition coefficient (Wildman–Crippen LogP) is 5.05. The second-order valence-corrected chi connectivity index (χ2v) is 7.23. The van der Waals surface area contributed by atoms with Crippen LogP contribution >= 0.6 is 0 Å². The molecule has 0 fully saturated rings. The Bertz CT molecular complexity index is 1010. The van der Waals surface area contributed by atoms with E-state index in [0.717, 1.165) is 23.1 Å². The third-order valence-electron chi connectivity index (χ3n) is 5.12. The molecule has 140 valence electrons. The zero-order valence-corrected chi connectivity index (χ0v) is 15.9. The van der Waals surface area contributed by atoms with Gasteiger partial charge in [-0.15, -0.1) is 0 Å². The highest BCUT2D eigenvalue weighted by Crippen LogP contribution is 2.25. The van der Waals surface area contributed by atoms with E-state index in [4.69, 9.17) is 0 Å². The molecule has 0 unspecified atom stereocenters. The molecule has 1 aromatic heterocycles. The quantitative estimate of drug-likeness (QED) is 0.492. The predicted molar refractivity (Wildman–Crippen MR) is 114 cm³/mol. The van der Waals surface area contributed by atoms with E-state index in [9.17, 15) is 4.79 Å². The van der Waals surface area contributed by atoms with Gasteiger partial charge in [-0.05, 0) is 36.1 Å². The van der Waals surface area contributed by atoms with Crippen molar-refractivity contribution in [1.29, 1.82) is 0 Å². The molecule has 0 bridgehead atoms. The monoisotopic (exact) mass is 368 g/mol. The Morgan fingerprint density at radius 3 is 2.07 bits per heavy atom. The van der Waals surface area contributed by atoms with Gasteiger partial charge in [0, 0.05) is 23.1 Å². The van der Waals surface area contributed by atoms with Crippen LogP contribution in [0, 0.1) is 0 Å². The second kappa shape index (κ2) is 8.13. The van der Waals surface area contributed by atoms with Gasteiger partial charge in [-0.3, -0.25) is 4.79 Å². The molecule has 3 nitrogen and oxygen atoms in total. The van der Waals surface area contributed by atoms with Crippen LogP contribution < -0.4 is 5.32 Å². The Morgan fingerprint density at radius 2 is 1.43 bits per heavy atom. The molecular weight excluding hydrogens is 344 g/mol. The molecule has 1 heterocycles. The lowest BCUT2D eigenvalue weighted by Crippen LogP contribution is -2.37. The van der Waals surface area contributed by atoms with E-state index in [-0.39, 0.29) is 17.9 Å². The van der Waals surface area contributed by atoms with Crippen LogP contribution in [-0.2, 0) is 11.2 Å². The fraction of sp³-hybridized carbons (Fsp3) is 0.160. The fourth-order valence-electron chi connectivity index (χ4n) is 3.79. The number of aromatic nitrogens is 1. The first-order valence-electron chi connectivity index (χ1n) is 9.67. The largest absolute Gasteiger partial charge is 0.361 e. The van der Waals surface area contributed by atoms with Crippen LogP contribution in [-0.4, -0.2) is 16.9 Å². The maximum atomic E-state index is 13.2. The van der Waals surface area contributed by atoms with Gasteiger partial charge in [0.25, 0.3) is 0 Å². The molecule has 0 aliphatic carbocycles. The van der Waals surface area contributed by atoms with Crippen molar-refractivity contribution in [3.63, 3.8) is 0 Å².